The maximum absolute atomic E-state index is 13.0. The maximum Gasteiger partial charge on any atom is 0.262 e. The van der Waals surface area contributed by atoms with Gasteiger partial charge in [0.2, 0.25) is 0 Å². The molecule has 28 heavy (non-hydrogen) atoms. The average molecular weight is 400 g/mol. The summed E-state index contributed by atoms with van der Waals surface area (Å²) in [6.07, 6.45) is 5.67. The number of aromatic nitrogens is 3. The SMILES string of the molecule is CN1CCc2c([nH]c3ccccc23)C12CCN(S(=O)(=O)c1cn(C)cn1)CC2. The summed E-state index contributed by atoms with van der Waals surface area (Å²) in [4.78, 5) is 10.1. The van der Waals surface area contributed by atoms with Crippen LogP contribution >= 0.6 is 0 Å². The highest BCUT2D eigenvalue weighted by atomic mass is 32.2. The zero-order chi connectivity index (χ0) is 19.5. The summed E-state index contributed by atoms with van der Waals surface area (Å²) in [5.41, 5.74) is 3.71. The molecule has 2 aliphatic heterocycles. The van der Waals surface area contributed by atoms with Gasteiger partial charge in [0, 0.05) is 49.5 Å². The molecule has 0 bridgehead atoms. The number of nitrogens with one attached hydrogen (secondary N) is 1. The smallest absolute Gasteiger partial charge is 0.262 e. The fraction of sp³-hybridized carbons (Fsp3) is 0.450. The standard InChI is InChI=1S/C20H25N5O2S/c1-23-13-18(21-14-23)28(26,27)25-11-8-20(9-12-25)19-16(7-10-24(20)2)15-5-3-4-6-17(15)22-19/h3-6,13-14,22H,7-12H2,1-2H3. The number of aryl methyl sites for hydroxylation is 1. The Balaban J connectivity index is 1.49. The Bertz CT molecular complexity index is 1140. The van der Waals surface area contributed by atoms with Gasteiger partial charge in [-0.15, -0.1) is 0 Å². The number of hydrogen-bond acceptors (Lipinski definition) is 4. The molecule has 3 aromatic rings. The van der Waals surface area contributed by atoms with Crippen LogP contribution in [0, 0.1) is 0 Å². The molecule has 7 nitrogen and oxygen atoms in total. The number of piperidine rings is 1. The molecule has 2 aliphatic rings. The molecule has 0 saturated carbocycles. The van der Waals surface area contributed by atoms with Crippen molar-refractivity contribution in [2.45, 2.75) is 29.8 Å². The molecular weight excluding hydrogens is 374 g/mol. The van der Waals surface area contributed by atoms with Crippen molar-refractivity contribution in [2.75, 3.05) is 26.7 Å². The summed E-state index contributed by atoms with van der Waals surface area (Å²) in [5, 5.41) is 1.43. The van der Waals surface area contributed by atoms with E-state index >= 15 is 0 Å². The van der Waals surface area contributed by atoms with E-state index in [1.165, 1.54) is 28.5 Å². The summed E-state index contributed by atoms with van der Waals surface area (Å²) >= 11 is 0. The molecule has 1 fully saturated rings. The second-order valence-electron chi connectivity index (χ2n) is 8.01. The van der Waals surface area contributed by atoms with Gasteiger partial charge in [0.1, 0.15) is 0 Å². The summed E-state index contributed by atoms with van der Waals surface area (Å²) in [6, 6.07) is 8.46. The first-order valence-electron chi connectivity index (χ1n) is 9.71. The molecule has 1 spiro atoms. The van der Waals surface area contributed by atoms with Crippen LogP contribution in [-0.2, 0) is 29.0 Å². The number of fused-ring (bicyclic) bond motifs is 4. The third kappa shape index (κ3) is 2.48. The van der Waals surface area contributed by atoms with Crippen molar-refractivity contribution in [2.24, 2.45) is 7.05 Å². The van der Waals surface area contributed by atoms with E-state index in [4.69, 9.17) is 0 Å². The third-order valence-electron chi connectivity index (χ3n) is 6.54. The predicted octanol–water partition coefficient (Wildman–Crippen LogP) is 2.07. The highest BCUT2D eigenvalue weighted by molar-refractivity contribution is 7.89. The van der Waals surface area contributed by atoms with Crippen LogP contribution in [0.1, 0.15) is 24.1 Å². The third-order valence-corrected chi connectivity index (χ3v) is 8.33. The molecule has 0 radical (unpaired) electrons. The lowest BCUT2D eigenvalue weighted by Gasteiger charge is -2.49. The minimum Gasteiger partial charge on any atom is -0.357 e. The maximum atomic E-state index is 13.0. The molecule has 1 N–H and O–H groups in total. The molecule has 5 rings (SSSR count). The second kappa shape index (κ2) is 6.17. The Labute approximate surface area is 165 Å². The Morgan fingerprint density at radius 3 is 2.57 bits per heavy atom. The van der Waals surface area contributed by atoms with Gasteiger partial charge in [-0.05, 0) is 37.9 Å². The predicted molar refractivity (Wildman–Crippen MR) is 108 cm³/mol. The van der Waals surface area contributed by atoms with Crippen molar-refractivity contribution in [1.29, 1.82) is 0 Å². The Morgan fingerprint density at radius 1 is 1.11 bits per heavy atom. The largest absolute Gasteiger partial charge is 0.357 e. The number of likely N-dealkylation sites (N-methyl/N-ethyl adjacent to an activating group) is 1. The minimum atomic E-state index is -3.54. The second-order valence-corrected chi connectivity index (χ2v) is 9.89. The van der Waals surface area contributed by atoms with Crippen molar-refractivity contribution in [3.8, 4) is 0 Å². The number of H-pyrrole nitrogens is 1. The van der Waals surface area contributed by atoms with Crippen LogP contribution in [0.15, 0.2) is 41.8 Å². The molecular formula is C20H25N5O2S. The molecule has 4 heterocycles. The summed E-state index contributed by atoms with van der Waals surface area (Å²) in [6.45, 7) is 1.98. The van der Waals surface area contributed by atoms with E-state index in [-0.39, 0.29) is 10.6 Å². The highest BCUT2D eigenvalue weighted by Gasteiger charge is 2.46. The number of hydrogen-bond donors (Lipinski definition) is 1. The van der Waals surface area contributed by atoms with Gasteiger partial charge in [0.05, 0.1) is 11.9 Å². The van der Waals surface area contributed by atoms with Crippen LogP contribution in [0.2, 0.25) is 0 Å². The van der Waals surface area contributed by atoms with E-state index in [1.807, 2.05) is 0 Å². The number of nitrogens with zero attached hydrogens (tertiary/aromatic N) is 4. The Morgan fingerprint density at radius 2 is 1.86 bits per heavy atom. The van der Waals surface area contributed by atoms with Gasteiger partial charge in [-0.3, -0.25) is 4.90 Å². The van der Waals surface area contributed by atoms with E-state index in [9.17, 15) is 8.42 Å². The lowest BCUT2D eigenvalue weighted by Crippen LogP contribution is -2.55. The first kappa shape index (κ1) is 17.9. The van der Waals surface area contributed by atoms with Crippen LogP contribution in [0.5, 0.6) is 0 Å². The van der Waals surface area contributed by atoms with E-state index in [1.54, 1.807) is 22.1 Å². The van der Waals surface area contributed by atoms with Crippen molar-refractivity contribution in [3.63, 3.8) is 0 Å². The topological polar surface area (TPSA) is 74.2 Å². The molecule has 148 valence electrons. The van der Waals surface area contributed by atoms with E-state index in [2.05, 4.69) is 46.2 Å². The van der Waals surface area contributed by atoms with Crippen molar-refractivity contribution < 1.29 is 8.42 Å². The van der Waals surface area contributed by atoms with Crippen LogP contribution in [-0.4, -0.2) is 58.8 Å². The number of benzene rings is 1. The van der Waals surface area contributed by atoms with E-state index < -0.39 is 10.0 Å². The summed E-state index contributed by atoms with van der Waals surface area (Å²) in [5.74, 6) is 0. The molecule has 1 aromatic carbocycles. The lowest BCUT2D eigenvalue weighted by molar-refractivity contribution is 0.0466. The number of rotatable bonds is 2. The fourth-order valence-electron chi connectivity index (χ4n) is 4.92. The van der Waals surface area contributed by atoms with E-state index in [0.717, 1.165) is 25.8 Å². The number of aromatic amines is 1. The zero-order valence-corrected chi connectivity index (χ0v) is 17.0. The molecule has 2 aromatic heterocycles. The van der Waals surface area contributed by atoms with Gasteiger partial charge < -0.3 is 9.55 Å². The first-order valence-corrected chi connectivity index (χ1v) is 11.2. The van der Waals surface area contributed by atoms with Gasteiger partial charge in [0.15, 0.2) is 5.03 Å². The molecule has 0 amide bonds. The van der Waals surface area contributed by atoms with Crippen molar-refractivity contribution in [3.05, 3.63) is 48.0 Å². The van der Waals surface area contributed by atoms with Gasteiger partial charge in [0.25, 0.3) is 10.0 Å². The molecule has 8 heteroatoms. The number of imidazole rings is 1. The van der Waals surface area contributed by atoms with Crippen LogP contribution in [0.3, 0.4) is 0 Å². The Hall–Kier alpha value is -2.16. The first-order chi connectivity index (χ1) is 13.4. The van der Waals surface area contributed by atoms with Crippen molar-refractivity contribution in [1.82, 2.24) is 23.7 Å². The van der Waals surface area contributed by atoms with Crippen LogP contribution in [0.25, 0.3) is 10.9 Å². The van der Waals surface area contributed by atoms with Gasteiger partial charge in [-0.1, -0.05) is 18.2 Å². The van der Waals surface area contributed by atoms with Gasteiger partial charge >= 0.3 is 0 Å². The minimum absolute atomic E-state index is 0.134. The quantitative estimate of drug-likeness (QED) is 0.716. The van der Waals surface area contributed by atoms with Crippen molar-refractivity contribution >= 4 is 20.9 Å². The average Bonchev–Trinajstić information content (AvgIpc) is 3.30. The van der Waals surface area contributed by atoms with E-state index in [0.29, 0.717) is 13.1 Å². The number of para-hydroxylation sites is 1. The van der Waals surface area contributed by atoms with Gasteiger partial charge in [-0.25, -0.2) is 13.4 Å². The van der Waals surface area contributed by atoms with Gasteiger partial charge in [-0.2, -0.15) is 4.31 Å². The Kier molecular flexibility index (Phi) is 3.94. The highest BCUT2D eigenvalue weighted by Crippen LogP contribution is 2.45. The van der Waals surface area contributed by atoms with Crippen LogP contribution in [0.4, 0.5) is 0 Å². The molecule has 0 unspecified atom stereocenters. The molecule has 1 saturated heterocycles. The molecule has 0 atom stereocenters. The van der Waals surface area contributed by atoms with Crippen LogP contribution < -0.4 is 0 Å². The zero-order valence-electron chi connectivity index (χ0n) is 16.2. The fourth-order valence-corrected chi connectivity index (χ4v) is 6.33. The monoisotopic (exact) mass is 399 g/mol. The summed E-state index contributed by atoms with van der Waals surface area (Å²) in [7, 11) is 0.404. The molecule has 0 aliphatic carbocycles. The summed E-state index contributed by atoms with van der Waals surface area (Å²) < 4.78 is 29.2. The normalized spacial score (nSPS) is 20.6. The lowest BCUT2D eigenvalue weighted by atomic mass is 9.78. The number of sulfonamides is 1.